The maximum atomic E-state index is 5.31. The molecule has 0 unspecified atom stereocenters. The molecule has 4 nitrogen and oxygen atoms in total. The van der Waals surface area contributed by atoms with Gasteiger partial charge in [-0.15, -0.1) is 0 Å². The van der Waals surface area contributed by atoms with Crippen LogP contribution in [0.1, 0.15) is 34.1 Å². The highest BCUT2D eigenvalue weighted by molar-refractivity contribution is 5.27. The molecule has 0 bridgehead atoms. The molecule has 1 aromatic rings. The van der Waals surface area contributed by atoms with Crippen molar-refractivity contribution in [2.75, 3.05) is 18.5 Å². The van der Waals surface area contributed by atoms with Crippen LogP contribution in [0.25, 0.3) is 0 Å². The second kappa shape index (κ2) is 5.68. The number of anilines is 1. The number of rotatable bonds is 6. The number of hydrogen-bond acceptors (Lipinski definition) is 4. The molecule has 0 aromatic carbocycles. The Morgan fingerprint density at radius 2 is 2.12 bits per heavy atom. The molecule has 0 amide bonds. The van der Waals surface area contributed by atoms with Gasteiger partial charge in [-0.2, -0.15) is 4.98 Å². The van der Waals surface area contributed by atoms with Crippen molar-refractivity contribution in [2.45, 2.75) is 34.1 Å². The normalized spacial score (nSPS) is 11.2. The standard InChI is InChI=1S/C12H21N3O/c1-5-12(3,4)9-14-11-13-8-7-10(15-11)16-6-2/h7-8H,5-6,9H2,1-4H3,(H,13,14,15). The van der Waals surface area contributed by atoms with Crippen molar-refractivity contribution in [3.63, 3.8) is 0 Å². The van der Waals surface area contributed by atoms with Crippen LogP contribution in [-0.4, -0.2) is 23.1 Å². The van der Waals surface area contributed by atoms with Crippen LogP contribution in [0.4, 0.5) is 5.95 Å². The molecule has 0 spiro atoms. The van der Waals surface area contributed by atoms with Crippen LogP contribution >= 0.6 is 0 Å². The smallest absolute Gasteiger partial charge is 0.225 e. The summed E-state index contributed by atoms with van der Waals surface area (Å²) >= 11 is 0. The van der Waals surface area contributed by atoms with E-state index in [1.807, 2.05) is 6.92 Å². The van der Waals surface area contributed by atoms with Gasteiger partial charge in [0.15, 0.2) is 0 Å². The van der Waals surface area contributed by atoms with Gasteiger partial charge in [-0.05, 0) is 18.8 Å². The Balaban J connectivity index is 2.57. The Kier molecular flexibility index (Phi) is 4.52. The maximum absolute atomic E-state index is 5.31. The van der Waals surface area contributed by atoms with Gasteiger partial charge in [-0.3, -0.25) is 0 Å². The first kappa shape index (κ1) is 12.7. The molecular weight excluding hydrogens is 202 g/mol. The number of nitrogens with zero attached hydrogens (tertiary/aromatic N) is 2. The molecule has 0 aliphatic carbocycles. The van der Waals surface area contributed by atoms with Crippen molar-refractivity contribution in [1.29, 1.82) is 0 Å². The molecule has 0 fully saturated rings. The van der Waals surface area contributed by atoms with E-state index in [9.17, 15) is 0 Å². The fourth-order valence-corrected chi connectivity index (χ4v) is 1.10. The summed E-state index contributed by atoms with van der Waals surface area (Å²) in [7, 11) is 0. The summed E-state index contributed by atoms with van der Waals surface area (Å²) in [5, 5.41) is 3.23. The summed E-state index contributed by atoms with van der Waals surface area (Å²) in [5.41, 5.74) is 0.255. The third-order valence-corrected chi connectivity index (χ3v) is 2.60. The highest BCUT2D eigenvalue weighted by atomic mass is 16.5. The van der Waals surface area contributed by atoms with Crippen molar-refractivity contribution in [1.82, 2.24) is 9.97 Å². The zero-order valence-electron chi connectivity index (χ0n) is 10.6. The van der Waals surface area contributed by atoms with E-state index < -0.39 is 0 Å². The zero-order chi connectivity index (χ0) is 12.0. The van der Waals surface area contributed by atoms with Crippen LogP contribution in [0.2, 0.25) is 0 Å². The summed E-state index contributed by atoms with van der Waals surface area (Å²) in [5.74, 6) is 1.25. The SMILES string of the molecule is CCOc1ccnc(NCC(C)(C)CC)n1. The first-order valence-corrected chi connectivity index (χ1v) is 5.77. The second-order valence-electron chi connectivity index (χ2n) is 4.52. The molecular formula is C12H21N3O. The summed E-state index contributed by atoms with van der Waals surface area (Å²) in [6, 6.07) is 1.76. The third-order valence-electron chi connectivity index (χ3n) is 2.60. The van der Waals surface area contributed by atoms with Crippen LogP contribution in [0.3, 0.4) is 0 Å². The van der Waals surface area contributed by atoms with Crippen molar-refractivity contribution < 1.29 is 4.74 Å². The van der Waals surface area contributed by atoms with E-state index in [4.69, 9.17) is 4.74 Å². The first-order valence-electron chi connectivity index (χ1n) is 5.77. The maximum Gasteiger partial charge on any atom is 0.225 e. The summed E-state index contributed by atoms with van der Waals surface area (Å²) < 4.78 is 5.31. The third kappa shape index (κ3) is 4.04. The highest BCUT2D eigenvalue weighted by Gasteiger charge is 2.15. The molecule has 0 saturated heterocycles. The van der Waals surface area contributed by atoms with Crippen molar-refractivity contribution in [2.24, 2.45) is 5.41 Å². The van der Waals surface area contributed by atoms with E-state index in [0.29, 0.717) is 18.4 Å². The highest BCUT2D eigenvalue weighted by Crippen LogP contribution is 2.19. The molecule has 1 heterocycles. The fraction of sp³-hybridized carbons (Fsp3) is 0.667. The van der Waals surface area contributed by atoms with Gasteiger partial charge in [-0.1, -0.05) is 20.8 Å². The Hall–Kier alpha value is -1.32. The molecule has 4 heteroatoms. The van der Waals surface area contributed by atoms with Gasteiger partial charge in [0, 0.05) is 18.8 Å². The summed E-state index contributed by atoms with van der Waals surface area (Å²) in [4.78, 5) is 8.41. The van der Waals surface area contributed by atoms with Crippen LogP contribution in [0, 0.1) is 5.41 Å². The van der Waals surface area contributed by atoms with E-state index >= 15 is 0 Å². The predicted octanol–water partition coefficient (Wildman–Crippen LogP) is 2.72. The second-order valence-corrected chi connectivity index (χ2v) is 4.52. The molecule has 1 rings (SSSR count). The minimum absolute atomic E-state index is 0.255. The number of hydrogen-bond donors (Lipinski definition) is 1. The minimum atomic E-state index is 0.255. The van der Waals surface area contributed by atoms with Crippen LogP contribution in [0.15, 0.2) is 12.3 Å². The van der Waals surface area contributed by atoms with E-state index in [2.05, 4.69) is 36.1 Å². The zero-order valence-corrected chi connectivity index (χ0v) is 10.6. The Morgan fingerprint density at radius 1 is 1.38 bits per heavy atom. The van der Waals surface area contributed by atoms with E-state index in [1.54, 1.807) is 12.3 Å². The predicted molar refractivity (Wildman–Crippen MR) is 65.8 cm³/mol. The molecule has 0 radical (unpaired) electrons. The topological polar surface area (TPSA) is 47.0 Å². The van der Waals surface area contributed by atoms with Crippen molar-refractivity contribution in [3.8, 4) is 5.88 Å². The minimum Gasteiger partial charge on any atom is -0.478 e. The van der Waals surface area contributed by atoms with Crippen LogP contribution < -0.4 is 10.1 Å². The van der Waals surface area contributed by atoms with E-state index in [1.165, 1.54) is 0 Å². The number of nitrogens with one attached hydrogen (secondary N) is 1. The van der Waals surface area contributed by atoms with Gasteiger partial charge in [0.2, 0.25) is 11.8 Å². The average molecular weight is 223 g/mol. The lowest BCUT2D eigenvalue weighted by Crippen LogP contribution is -2.22. The van der Waals surface area contributed by atoms with Gasteiger partial charge in [0.25, 0.3) is 0 Å². The molecule has 0 saturated carbocycles. The molecule has 1 aromatic heterocycles. The quantitative estimate of drug-likeness (QED) is 0.805. The molecule has 90 valence electrons. The molecule has 1 N–H and O–H groups in total. The van der Waals surface area contributed by atoms with Crippen molar-refractivity contribution >= 4 is 5.95 Å². The average Bonchev–Trinajstić information content (AvgIpc) is 2.28. The monoisotopic (exact) mass is 223 g/mol. The first-order chi connectivity index (χ1) is 7.57. The Morgan fingerprint density at radius 3 is 2.75 bits per heavy atom. The number of ether oxygens (including phenoxy) is 1. The van der Waals surface area contributed by atoms with E-state index in [-0.39, 0.29) is 5.41 Å². The van der Waals surface area contributed by atoms with Gasteiger partial charge in [-0.25, -0.2) is 4.98 Å². The van der Waals surface area contributed by atoms with Gasteiger partial charge >= 0.3 is 0 Å². The summed E-state index contributed by atoms with van der Waals surface area (Å²) in [6.45, 7) is 10.0. The largest absolute Gasteiger partial charge is 0.478 e. The molecule has 16 heavy (non-hydrogen) atoms. The van der Waals surface area contributed by atoms with Crippen molar-refractivity contribution in [3.05, 3.63) is 12.3 Å². The molecule has 0 aliphatic heterocycles. The van der Waals surface area contributed by atoms with E-state index in [0.717, 1.165) is 13.0 Å². The lowest BCUT2D eigenvalue weighted by molar-refractivity contribution is 0.326. The van der Waals surface area contributed by atoms with Gasteiger partial charge < -0.3 is 10.1 Å². The summed E-state index contributed by atoms with van der Waals surface area (Å²) in [6.07, 6.45) is 2.82. The van der Waals surface area contributed by atoms with Crippen LogP contribution in [0.5, 0.6) is 5.88 Å². The number of aromatic nitrogens is 2. The molecule has 0 aliphatic rings. The van der Waals surface area contributed by atoms with Crippen LogP contribution in [-0.2, 0) is 0 Å². The Bertz CT molecular complexity index is 326. The fourth-order valence-electron chi connectivity index (χ4n) is 1.10. The lowest BCUT2D eigenvalue weighted by Gasteiger charge is -2.22. The Labute approximate surface area is 97.5 Å². The molecule has 0 atom stereocenters. The van der Waals surface area contributed by atoms with Gasteiger partial charge in [0.05, 0.1) is 6.61 Å². The lowest BCUT2D eigenvalue weighted by atomic mass is 9.90. The van der Waals surface area contributed by atoms with Gasteiger partial charge in [0.1, 0.15) is 0 Å².